The lowest BCUT2D eigenvalue weighted by molar-refractivity contribution is 0.172. The molecule has 1 aliphatic rings. The highest BCUT2D eigenvalue weighted by atomic mass is 16.6. The van der Waals surface area contributed by atoms with Crippen molar-refractivity contribution in [3.63, 3.8) is 0 Å². The maximum absolute atomic E-state index is 5.64. The average Bonchev–Trinajstić information content (AvgIpc) is 2.60. The van der Waals surface area contributed by atoms with Crippen molar-refractivity contribution in [2.45, 2.75) is 0 Å². The van der Waals surface area contributed by atoms with E-state index in [-0.39, 0.29) is 0 Å². The van der Waals surface area contributed by atoms with Crippen molar-refractivity contribution >= 4 is 22.4 Å². The van der Waals surface area contributed by atoms with Gasteiger partial charge in [0.25, 0.3) is 0 Å². The third-order valence-electron chi connectivity index (χ3n) is 3.59. The van der Waals surface area contributed by atoms with Crippen LogP contribution in [0.15, 0.2) is 42.7 Å². The van der Waals surface area contributed by atoms with E-state index in [2.05, 4.69) is 21.2 Å². The van der Waals surface area contributed by atoms with E-state index in [1.165, 1.54) is 6.33 Å². The minimum absolute atomic E-state index is 0.541. The Labute approximate surface area is 133 Å². The first-order valence-electron chi connectivity index (χ1n) is 7.21. The molecule has 4 rings (SSSR count). The van der Waals surface area contributed by atoms with E-state index in [1.807, 2.05) is 36.4 Å². The van der Waals surface area contributed by atoms with Gasteiger partial charge in [-0.25, -0.2) is 9.97 Å². The first-order chi connectivity index (χ1) is 11.3. The summed E-state index contributed by atoms with van der Waals surface area (Å²) in [6.45, 7) is 1.09. The van der Waals surface area contributed by atoms with Gasteiger partial charge in [0.15, 0.2) is 11.5 Å². The zero-order chi connectivity index (χ0) is 15.6. The molecule has 0 atom stereocenters. The second-order valence-corrected chi connectivity index (χ2v) is 5.09. The van der Waals surface area contributed by atoms with Crippen LogP contribution >= 0.6 is 0 Å². The number of fused-ring (bicyclic) bond motifs is 2. The number of aromatic nitrogens is 2. The molecule has 0 saturated heterocycles. The van der Waals surface area contributed by atoms with E-state index in [0.717, 1.165) is 22.2 Å². The third-order valence-corrected chi connectivity index (χ3v) is 3.59. The van der Waals surface area contributed by atoms with Crippen LogP contribution in [0, 0.1) is 12.3 Å². The first kappa shape index (κ1) is 13.4. The Kier molecular flexibility index (Phi) is 3.21. The largest absolute Gasteiger partial charge is 0.486 e. The predicted octanol–water partition coefficient (Wildman–Crippen LogP) is 3.13. The Bertz CT molecular complexity index is 931. The van der Waals surface area contributed by atoms with Crippen molar-refractivity contribution in [3.05, 3.63) is 48.3 Å². The summed E-state index contributed by atoms with van der Waals surface area (Å²) in [7, 11) is 0. The third kappa shape index (κ3) is 2.51. The smallest absolute Gasteiger partial charge is 0.163 e. The molecule has 0 aliphatic carbocycles. The Hall–Kier alpha value is -3.26. The zero-order valence-electron chi connectivity index (χ0n) is 12.2. The van der Waals surface area contributed by atoms with E-state index in [0.29, 0.717) is 30.5 Å². The monoisotopic (exact) mass is 303 g/mol. The van der Waals surface area contributed by atoms with E-state index >= 15 is 0 Å². The normalized spacial score (nSPS) is 12.7. The minimum atomic E-state index is 0.541. The Balaban J connectivity index is 1.79. The van der Waals surface area contributed by atoms with Crippen LogP contribution in [0.4, 0.5) is 11.5 Å². The minimum Gasteiger partial charge on any atom is -0.486 e. The summed E-state index contributed by atoms with van der Waals surface area (Å²) < 4.78 is 11.2. The number of terminal acetylenes is 1. The fourth-order valence-electron chi connectivity index (χ4n) is 2.52. The van der Waals surface area contributed by atoms with Gasteiger partial charge in [-0.1, -0.05) is 12.0 Å². The van der Waals surface area contributed by atoms with Gasteiger partial charge in [0.05, 0.1) is 5.52 Å². The highest BCUT2D eigenvalue weighted by Gasteiger charge is 2.15. The van der Waals surface area contributed by atoms with Crippen molar-refractivity contribution in [1.29, 1.82) is 0 Å². The van der Waals surface area contributed by atoms with Crippen molar-refractivity contribution < 1.29 is 9.47 Å². The second kappa shape index (κ2) is 5.50. The lowest BCUT2D eigenvalue weighted by Gasteiger charge is -2.19. The van der Waals surface area contributed by atoms with Gasteiger partial charge in [0, 0.05) is 22.7 Å². The van der Waals surface area contributed by atoms with Crippen LogP contribution in [0.5, 0.6) is 11.5 Å². The number of benzene rings is 2. The Morgan fingerprint density at radius 1 is 1.04 bits per heavy atom. The number of ether oxygens (including phenoxy) is 2. The Morgan fingerprint density at radius 2 is 1.87 bits per heavy atom. The van der Waals surface area contributed by atoms with Gasteiger partial charge in [-0.3, -0.25) is 0 Å². The molecule has 0 unspecified atom stereocenters. The molecule has 0 amide bonds. The molecule has 2 aromatic carbocycles. The lowest BCUT2D eigenvalue weighted by atomic mass is 10.2. The van der Waals surface area contributed by atoms with Crippen LogP contribution < -0.4 is 14.8 Å². The van der Waals surface area contributed by atoms with Crippen molar-refractivity contribution in [2.24, 2.45) is 0 Å². The molecular formula is C18H13N3O2. The van der Waals surface area contributed by atoms with Gasteiger partial charge in [-0.05, 0) is 24.3 Å². The van der Waals surface area contributed by atoms with Gasteiger partial charge in [-0.2, -0.15) is 0 Å². The predicted molar refractivity (Wildman–Crippen MR) is 88.2 cm³/mol. The fourth-order valence-corrected chi connectivity index (χ4v) is 2.52. The molecule has 0 bridgehead atoms. The molecule has 1 aliphatic heterocycles. The number of rotatable bonds is 2. The van der Waals surface area contributed by atoms with E-state index in [4.69, 9.17) is 15.9 Å². The lowest BCUT2D eigenvalue weighted by Crippen LogP contribution is -2.15. The van der Waals surface area contributed by atoms with Gasteiger partial charge >= 0.3 is 0 Å². The molecule has 5 heteroatoms. The van der Waals surface area contributed by atoms with Crippen LogP contribution in [0.25, 0.3) is 10.9 Å². The van der Waals surface area contributed by atoms with Crippen molar-refractivity contribution in [3.8, 4) is 23.8 Å². The number of anilines is 2. The van der Waals surface area contributed by atoms with Crippen LogP contribution in [0.3, 0.4) is 0 Å². The van der Waals surface area contributed by atoms with Gasteiger partial charge in [-0.15, -0.1) is 6.42 Å². The zero-order valence-corrected chi connectivity index (χ0v) is 12.2. The first-order valence-corrected chi connectivity index (χ1v) is 7.21. The summed E-state index contributed by atoms with van der Waals surface area (Å²) in [5.41, 5.74) is 2.47. The van der Waals surface area contributed by atoms with Crippen LogP contribution in [0.2, 0.25) is 0 Å². The molecule has 23 heavy (non-hydrogen) atoms. The SMILES string of the molecule is C#Cc1cccc(Nc2ncnc3cc4c(cc23)OCCO4)c1. The number of nitrogens with zero attached hydrogens (tertiary/aromatic N) is 2. The summed E-state index contributed by atoms with van der Waals surface area (Å²) in [6.07, 6.45) is 6.96. The topological polar surface area (TPSA) is 56.3 Å². The van der Waals surface area contributed by atoms with E-state index in [9.17, 15) is 0 Å². The van der Waals surface area contributed by atoms with Gasteiger partial charge < -0.3 is 14.8 Å². The molecular weight excluding hydrogens is 290 g/mol. The number of nitrogens with one attached hydrogen (secondary N) is 1. The van der Waals surface area contributed by atoms with Crippen molar-refractivity contribution in [2.75, 3.05) is 18.5 Å². The molecule has 0 radical (unpaired) electrons. The molecule has 2 heterocycles. The Morgan fingerprint density at radius 3 is 2.70 bits per heavy atom. The average molecular weight is 303 g/mol. The van der Waals surface area contributed by atoms with Gasteiger partial charge in [0.2, 0.25) is 0 Å². The summed E-state index contributed by atoms with van der Waals surface area (Å²) in [4.78, 5) is 8.64. The van der Waals surface area contributed by atoms with Crippen molar-refractivity contribution in [1.82, 2.24) is 9.97 Å². The molecule has 0 fully saturated rings. The fraction of sp³-hybridized carbons (Fsp3) is 0.111. The quantitative estimate of drug-likeness (QED) is 0.737. The van der Waals surface area contributed by atoms with Gasteiger partial charge in [0.1, 0.15) is 25.4 Å². The summed E-state index contributed by atoms with van der Waals surface area (Å²) in [6, 6.07) is 11.4. The molecule has 1 aromatic heterocycles. The maximum Gasteiger partial charge on any atom is 0.163 e. The number of hydrogen-bond acceptors (Lipinski definition) is 5. The molecule has 0 saturated carbocycles. The van der Waals surface area contributed by atoms with Crippen LogP contribution in [-0.4, -0.2) is 23.2 Å². The van der Waals surface area contributed by atoms with E-state index < -0.39 is 0 Å². The van der Waals surface area contributed by atoms with Crippen LogP contribution in [0.1, 0.15) is 5.56 Å². The molecule has 3 aromatic rings. The van der Waals surface area contributed by atoms with E-state index in [1.54, 1.807) is 0 Å². The number of hydrogen-bond donors (Lipinski definition) is 1. The highest BCUT2D eigenvalue weighted by Crippen LogP contribution is 2.36. The summed E-state index contributed by atoms with van der Waals surface area (Å²) >= 11 is 0. The standard InChI is InChI=1S/C18H13N3O2/c1-2-12-4-3-5-13(8-12)21-18-14-9-16-17(23-7-6-22-16)10-15(14)19-11-20-18/h1,3-5,8-11H,6-7H2,(H,19,20,21). The summed E-state index contributed by atoms with van der Waals surface area (Å²) in [5, 5.41) is 4.15. The second-order valence-electron chi connectivity index (χ2n) is 5.09. The molecule has 1 N–H and O–H groups in total. The summed E-state index contributed by atoms with van der Waals surface area (Å²) in [5.74, 6) is 4.74. The molecule has 112 valence electrons. The van der Waals surface area contributed by atoms with Crippen LogP contribution in [-0.2, 0) is 0 Å². The molecule has 5 nitrogen and oxygen atoms in total. The molecule has 0 spiro atoms. The highest BCUT2D eigenvalue weighted by molar-refractivity contribution is 5.93. The maximum atomic E-state index is 5.64.